The van der Waals surface area contributed by atoms with Crippen LogP contribution < -0.4 is 4.90 Å². The Morgan fingerprint density at radius 1 is 0.292 bits per heavy atom. The fourth-order valence-corrected chi connectivity index (χ4v) is 11.1. The van der Waals surface area contributed by atoms with E-state index >= 15 is 0 Å². The van der Waals surface area contributed by atoms with Crippen molar-refractivity contribution in [2.24, 2.45) is 0 Å². The van der Waals surface area contributed by atoms with E-state index in [1.807, 2.05) is 0 Å². The van der Waals surface area contributed by atoms with E-state index in [-0.39, 0.29) is 5.41 Å². The van der Waals surface area contributed by atoms with Crippen molar-refractivity contribution in [2.45, 2.75) is 24.7 Å². The molecule has 65 heavy (non-hydrogen) atoms. The number of hydrogen-bond donors (Lipinski definition) is 0. The predicted molar refractivity (Wildman–Crippen MR) is 272 cm³/mol. The van der Waals surface area contributed by atoms with Crippen LogP contribution in [0.4, 0.5) is 17.1 Å². The quantitative estimate of drug-likeness (QED) is 0.147. The second-order valence-corrected chi connectivity index (χ2v) is 18.0. The minimum Gasteiger partial charge on any atom is -0.309 e. The molecule has 0 radical (unpaired) electrons. The Labute approximate surface area is 382 Å². The number of benzene rings is 10. The molecule has 0 spiro atoms. The van der Waals surface area contributed by atoms with Crippen LogP contribution in [0.2, 0.25) is 0 Å². The predicted octanol–water partition coefficient (Wildman–Crippen LogP) is 16.8. The van der Waals surface area contributed by atoms with Gasteiger partial charge in [-0.2, -0.15) is 0 Å². The van der Waals surface area contributed by atoms with Gasteiger partial charge in [-0.1, -0.05) is 232 Å². The fraction of sp³-hybridized carbons (Fsp3) is 0.0625. The highest BCUT2D eigenvalue weighted by Gasteiger charge is 2.51. The molecular weight excluding hydrogens is 783 g/mol. The van der Waals surface area contributed by atoms with Gasteiger partial charge in [0.05, 0.1) is 11.1 Å². The number of para-hydroxylation sites is 1. The molecule has 0 atom stereocenters. The smallest absolute Gasteiger partial charge is 0.0714 e. The maximum Gasteiger partial charge on any atom is 0.0714 e. The van der Waals surface area contributed by atoms with Crippen LogP contribution in [-0.2, 0) is 10.8 Å². The molecule has 0 aromatic heterocycles. The first-order valence-corrected chi connectivity index (χ1v) is 22.8. The van der Waals surface area contributed by atoms with E-state index < -0.39 is 5.41 Å². The van der Waals surface area contributed by atoms with Crippen LogP contribution in [-0.4, -0.2) is 0 Å². The van der Waals surface area contributed by atoms with Crippen molar-refractivity contribution in [1.82, 2.24) is 0 Å². The van der Waals surface area contributed by atoms with Crippen molar-refractivity contribution in [3.05, 3.63) is 282 Å². The summed E-state index contributed by atoms with van der Waals surface area (Å²) in [7, 11) is 0. The van der Waals surface area contributed by atoms with Crippen molar-refractivity contribution in [3.63, 3.8) is 0 Å². The molecule has 0 aliphatic heterocycles. The first-order chi connectivity index (χ1) is 32.0. The molecule has 0 unspecified atom stereocenters. The Balaban J connectivity index is 1.17. The summed E-state index contributed by atoms with van der Waals surface area (Å²) in [6.07, 6.45) is 0. The van der Waals surface area contributed by atoms with E-state index in [0.717, 1.165) is 11.4 Å². The maximum absolute atomic E-state index is 2.60. The van der Waals surface area contributed by atoms with Crippen molar-refractivity contribution in [1.29, 1.82) is 0 Å². The lowest BCUT2D eigenvalue weighted by Gasteiger charge is -2.36. The second kappa shape index (κ2) is 15.4. The van der Waals surface area contributed by atoms with Crippen molar-refractivity contribution in [2.75, 3.05) is 4.90 Å². The van der Waals surface area contributed by atoms with E-state index in [4.69, 9.17) is 0 Å². The molecule has 0 saturated carbocycles. The highest BCUT2D eigenvalue weighted by atomic mass is 15.1. The van der Waals surface area contributed by atoms with Gasteiger partial charge in [-0.15, -0.1) is 0 Å². The van der Waals surface area contributed by atoms with Crippen LogP contribution in [0.3, 0.4) is 0 Å². The van der Waals surface area contributed by atoms with E-state index in [0.29, 0.717) is 0 Å². The van der Waals surface area contributed by atoms with Crippen LogP contribution >= 0.6 is 0 Å². The van der Waals surface area contributed by atoms with Crippen molar-refractivity contribution >= 4 is 17.1 Å². The summed E-state index contributed by atoms with van der Waals surface area (Å²) in [6, 6.07) is 92.0. The summed E-state index contributed by atoms with van der Waals surface area (Å²) < 4.78 is 0. The summed E-state index contributed by atoms with van der Waals surface area (Å²) in [5.41, 5.74) is 22.7. The van der Waals surface area contributed by atoms with Gasteiger partial charge in [0.25, 0.3) is 0 Å². The lowest BCUT2D eigenvalue weighted by molar-refractivity contribution is 0.656. The topological polar surface area (TPSA) is 3.24 Å². The van der Waals surface area contributed by atoms with Gasteiger partial charge in [0.2, 0.25) is 0 Å². The third-order valence-electron chi connectivity index (χ3n) is 14.2. The number of fused-ring (bicyclic) bond motifs is 6. The lowest BCUT2D eigenvalue weighted by atomic mass is 9.66. The zero-order valence-corrected chi connectivity index (χ0v) is 36.6. The standard InChI is InChI=1S/C64H47N/c1-63(2)56-41-38-49(45-22-10-4-11-23-45)42-55(56)61-58(63)43-59-60(54-30-18-19-31-57(54)64(59,50-24-12-5-13-25-50)51-26-14-6-15-27-51)62(61)65(52-28-16-7-17-29-52)53-39-36-48(37-40-53)47-34-32-46(33-35-47)44-20-8-3-9-21-44/h3-43H,1-2H3. The summed E-state index contributed by atoms with van der Waals surface area (Å²) in [5.74, 6) is 0. The fourth-order valence-electron chi connectivity index (χ4n) is 11.1. The van der Waals surface area contributed by atoms with Crippen LogP contribution in [0.1, 0.15) is 47.2 Å². The Morgan fingerprint density at radius 3 is 1.28 bits per heavy atom. The van der Waals surface area contributed by atoms with Crippen molar-refractivity contribution in [3.8, 4) is 55.6 Å². The van der Waals surface area contributed by atoms with Gasteiger partial charge in [-0.05, 0) is 108 Å². The Morgan fingerprint density at radius 2 is 0.708 bits per heavy atom. The zero-order chi connectivity index (χ0) is 43.5. The van der Waals surface area contributed by atoms with Crippen molar-refractivity contribution < 1.29 is 0 Å². The van der Waals surface area contributed by atoms with E-state index in [2.05, 4.69) is 267 Å². The van der Waals surface area contributed by atoms with Crippen LogP contribution in [0.15, 0.2) is 249 Å². The minimum absolute atomic E-state index is 0.296. The molecule has 2 aliphatic rings. The van der Waals surface area contributed by atoms with Gasteiger partial charge in [-0.25, -0.2) is 0 Å². The van der Waals surface area contributed by atoms with Gasteiger partial charge >= 0.3 is 0 Å². The zero-order valence-electron chi connectivity index (χ0n) is 36.6. The molecule has 0 N–H and O–H groups in total. The average molecular weight is 830 g/mol. The molecule has 12 rings (SSSR count). The van der Waals surface area contributed by atoms with Crippen LogP contribution in [0.5, 0.6) is 0 Å². The van der Waals surface area contributed by atoms with Gasteiger partial charge in [0, 0.05) is 27.9 Å². The first kappa shape index (κ1) is 38.7. The Hall–Kier alpha value is -8.00. The molecule has 0 bridgehead atoms. The largest absolute Gasteiger partial charge is 0.309 e. The van der Waals surface area contributed by atoms with Crippen LogP contribution in [0, 0.1) is 0 Å². The molecule has 10 aromatic carbocycles. The molecule has 0 amide bonds. The van der Waals surface area contributed by atoms with E-state index in [9.17, 15) is 0 Å². The molecule has 2 aliphatic carbocycles. The summed E-state index contributed by atoms with van der Waals surface area (Å²) in [6.45, 7) is 4.85. The van der Waals surface area contributed by atoms with Crippen LogP contribution in [0.25, 0.3) is 55.6 Å². The third kappa shape index (κ3) is 6.07. The molecule has 1 nitrogen and oxygen atoms in total. The normalized spacial score (nSPS) is 13.6. The molecule has 0 fully saturated rings. The Kier molecular flexibility index (Phi) is 9.14. The average Bonchev–Trinajstić information content (AvgIpc) is 3.80. The molecule has 308 valence electrons. The molecular formula is C64H47N. The summed E-state index contributed by atoms with van der Waals surface area (Å²) in [5, 5.41) is 0. The Bertz CT molecular complexity index is 3300. The summed E-state index contributed by atoms with van der Waals surface area (Å²) >= 11 is 0. The molecule has 10 aromatic rings. The van der Waals surface area contributed by atoms with Gasteiger partial charge in [-0.3, -0.25) is 0 Å². The van der Waals surface area contributed by atoms with Gasteiger partial charge < -0.3 is 4.90 Å². The minimum atomic E-state index is -0.573. The third-order valence-corrected chi connectivity index (χ3v) is 14.2. The number of anilines is 3. The van der Waals surface area contributed by atoms with Gasteiger partial charge in [0.15, 0.2) is 0 Å². The second-order valence-electron chi connectivity index (χ2n) is 18.0. The van der Waals surface area contributed by atoms with Gasteiger partial charge in [0.1, 0.15) is 0 Å². The molecule has 0 saturated heterocycles. The molecule has 1 heteroatoms. The highest BCUT2D eigenvalue weighted by Crippen LogP contribution is 2.65. The number of nitrogens with zero attached hydrogens (tertiary/aromatic N) is 1. The monoisotopic (exact) mass is 829 g/mol. The highest BCUT2D eigenvalue weighted by molar-refractivity contribution is 6.07. The molecule has 0 heterocycles. The van der Waals surface area contributed by atoms with E-state index in [1.54, 1.807) is 0 Å². The lowest BCUT2D eigenvalue weighted by Crippen LogP contribution is -2.29. The first-order valence-electron chi connectivity index (χ1n) is 22.8. The maximum atomic E-state index is 2.60. The number of hydrogen-bond acceptors (Lipinski definition) is 1. The number of rotatable bonds is 8. The SMILES string of the molecule is CC1(C)c2ccc(-c3ccccc3)cc2-c2c1cc1c(c2N(c2ccccc2)c2ccc(-c3ccc(-c4ccccc4)cc3)cc2)-c2ccccc2C1(c1ccccc1)c1ccccc1. The van der Waals surface area contributed by atoms with E-state index in [1.165, 1.54) is 94.7 Å². The summed E-state index contributed by atoms with van der Waals surface area (Å²) in [4.78, 5) is 2.56.